The molecule has 0 heterocycles. The standard InChI is InChI=1S/C18H22N2O6S/c1-24-10-9-19-27(22,23)15-6-4-5-13(11-15)18(21)20-14-7-8-16(25-2)17(12-14)26-3/h4-8,11-12,19H,9-10H2,1-3H3,(H,20,21). The van der Waals surface area contributed by atoms with Crippen LogP contribution in [0.5, 0.6) is 11.5 Å². The number of carbonyl (C=O) groups excluding carboxylic acids is 1. The molecule has 2 N–H and O–H groups in total. The van der Waals surface area contributed by atoms with Gasteiger partial charge in [-0.3, -0.25) is 4.79 Å². The molecule has 0 saturated carbocycles. The Balaban J connectivity index is 2.18. The predicted octanol–water partition coefficient (Wildman–Crippen LogP) is 1.88. The van der Waals surface area contributed by atoms with E-state index in [2.05, 4.69) is 10.0 Å². The number of ether oxygens (including phenoxy) is 3. The van der Waals surface area contributed by atoms with E-state index in [0.717, 1.165) is 0 Å². The first-order chi connectivity index (χ1) is 12.9. The van der Waals surface area contributed by atoms with Crippen molar-refractivity contribution < 1.29 is 27.4 Å². The number of amides is 1. The maximum Gasteiger partial charge on any atom is 0.255 e. The van der Waals surface area contributed by atoms with Crippen molar-refractivity contribution in [3.8, 4) is 11.5 Å². The molecule has 0 unspecified atom stereocenters. The van der Waals surface area contributed by atoms with E-state index < -0.39 is 15.9 Å². The zero-order chi connectivity index (χ0) is 19.9. The second-order valence-corrected chi connectivity index (χ2v) is 7.21. The van der Waals surface area contributed by atoms with Crippen molar-refractivity contribution in [2.45, 2.75) is 4.90 Å². The molecular formula is C18H22N2O6S. The molecule has 0 aliphatic carbocycles. The SMILES string of the molecule is COCCNS(=O)(=O)c1cccc(C(=O)Nc2ccc(OC)c(OC)c2)c1. The highest BCUT2D eigenvalue weighted by Gasteiger charge is 2.16. The summed E-state index contributed by atoms with van der Waals surface area (Å²) in [6.07, 6.45) is 0. The molecule has 0 spiro atoms. The largest absolute Gasteiger partial charge is 0.493 e. The Bertz CT molecular complexity index is 898. The minimum absolute atomic E-state index is 0.00133. The molecule has 0 radical (unpaired) electrons. The fourth-order valence-electron chi connectivity index (χ4n) is 2.28. The van der Waals surface area contributed by atoms with Gasteiger partial charge in [-0.15, -0.1) is 0 Å². The van der Waals surface area contributed by atoms with Crippen molar-refractivity contribution in [2.24, 2.45) is 0 Å². The first-order valence-corrected chi connectivity index (χ1v) is 9.51. The van der Waals surface area contributed by atoms with Gasteiger partial charge in [0.15, 0.2) is 11.5 Å². The van der Waals surface area contributed by atoms with Gasteiger partial charge in [0.05, 0.1) is 25.7 Å². The van der Waals surface area contributed by atoms with Crippen molar-refractivity contribution in [1.82, 2.24) is 4.72 Å². The number of anilines is 1. The van der Waals surface area contributed by atoms with Gasteiger partial charge in [-0.1, -0.05) is 6.07 Å². The van der Waals surface area contributed by atoms with Crippen LogP contribution in [0.25, 0.3) is 0 Å². The average molecular weight is 394 g/mol. The minimum Gasteiger partial charge on any atom is -0.493 e. The van der Waals surface area contributed by atoms with Crippen molar-refractivity contribution in [3.05, 3.63) is 48.0 Å². The molecule has 0 saturated heterocycles. The summed E-state index contributed by atoms with van der Waals surface area (Å²) in [7, 11) is 0.763. The molecule has 0 atom stereocenters. The summed E-state index contributed by atoms with van der Waals surface area (Å²) in [5, 5.41) is 2.71. The Morgan fingerprint density at radius 3 is 2.41 bits per heavy atom. The van der Waals surface area contributed by atoms with Crippen LogP contribution in [0.15, 0.2) is 47.4 Å². The van der Waals surface area contributed by atoms with E-state index in [-0.39, 0.29) is 23.6 Å². The third kappa shape index (κ3) is 5.43. The molecule has 1 amide bonds. The second kappa shape index (κ2) is 9.36. The Hall–Kier alpha value is -2.62. The number of hydrogen-bond donors (Lipinski definition) is 2. The van der Waals surface area contributed by atoms with E-state index in [0.29, 0.717) is 17.2 Å². The Labute approximate surface area is 158 Å². The summed E-state index contributed by atoms with van der Waals surface area (Å²) in [4.78, 5) is 12.5. The third-order valence-electron chi connectivity index (χ3n) is 3.65. The van der Waals surface area contributed by atoms with Crippen LogP contribution in [0, 0.1) is 0 Å². The van der Waals surface area contributed by atoms with Crippen LogP contribution < -0.4 is 19.5 Å². The highest BCUT2D eigenvalue weighted by molar-refractivity contribution is 7.89. The molecule has 2 rings (SSSR count). The van der Waals surface area contributed by atoms with Crippen molar-refractivity contribution in [2.75, 3.05) is 39.8 Å². The number of rotatable bonds is 9. The number of nitrogens with one attached hydrogen (secondary N) is 2. The van der Waals surface area contributed by atoms with Gasteiger partial charge in [-0.2, -0.15) is 0 Å². The van der Waals surface area contributed by atoms with E-state index >= 15 is 0 Å². The van der Waals surface area contributed by atoms with Gasteiger partial charge in [-0.25, -0.2) is 13.1 Å². The van der Waals surface area contributed by atoms with E-state index in [9.17, 15) is 13.2 Å². The van der Waals surface area contributed by atoms with Crippen LogP contribution in [-0.4, -0.2) is 48.8 Å². The maximum atomic E-state index is 12.5. The van der Waals surface area contributed by atoms with Gasteiger partial charge in [0.1, 0.15) is 0 Å². The third-order valence-corrected chi connectivity index (χ3v) is 5.10. The number of carbonyl (C=O) groups is 1. The lowest BCUT2D eigenvalue weighted by molar-refractivity contribution is 0.102. The smallest absolute Gasteiger partial charge is 0.255 e. The zero-order valence-corrected chi connectivity index (χ0v) is 16.1. The molecule has 0 bridgehead atoms. The molecule has 0 aliphatic heterocycles. The molecule has 2 aromatic rings. The highest BCUT2D eigenvalue weighted by atomic mass is 32.2. The van der Waals surface area contributed by atoms with Gasteiger partial charge in [0, 0.05) is 31.0 Å². The van der Waals surface area contributed by atoms with E-state index in [1.807, 2.05) is 0 Å². The first-order valence-electron chi connectivity index (χ1n) is 8.03. The quantitative estimate of drug-likeness (QED) is 0.630. The summed E-state index contributed by atoms with van der Waals surface area (Å²) in [6, 6.07) is 10.7. The lowest BCUT2D eigenvalue weighted by Crippen LogP contribution is -2.27. The van der Waals surface area contributed by atoms with E-state index in [1.54, 1.807) is 18.2 Å². The highest BCUT2D eigenvalue weighted by Crippen LogP contribution is 2.30. The minimum atomic E-state index is -3.73. The maximum absolute atomic E-state index is 12.5. The van der Waals surface area contributed by atoms with Gasteiger partial charge >= 0.3 is 0 Å². The summed E-state index contributed by atoms with van der Waals surface area (Å²) in [5.74, 6) is 0.552. The van der Waals surface area contributed by atoms with Crippen LogP contribution in [0.2, 0.25) is 0 Å². The van der Waals surface area contributed by atoms with Crippen molar-refractivity contribution in [1.29, 1.82) is 0 Å². The summed E-state index contributed by atoms with van der Waals surface area (Å²) in [5.41, 5.74) is 0.698. The first kappa shape index (κ1) is 20.7. The van der Waals surface area contributed by atoms with E-state index in [4.69, 9.17) is 14.2 Å². The molecule has 0 fully saturated rings. The van der Waals surface area contributed by atoms with Crippen LogP contribution in [0.4, 0.5) is 5.69 Å². The van der Waals surface area contributed by atoms with Crippen molar-refractivity contribution in [3.63, 3.8) is 0 Å². The summed E-state index contributed by atoms with van der Waals surface area (Å²) < 4.78 is 42.1. The summed E-state index contributed by atoms with van der Waals surface area (Å²) >= 11 is 0. The number of benzene rings is 2. The normalized spacial score (nSPS) is 11.1. The molecular weight excluding hydrogens is 372 g/mol. The van der Waals surface area contributed by atoms with Crippen LogP contribution in [0.1, 0.15) is 10.4 Å². The Morgan fingerprint density at radius 1 is 1.00 bits per heavy atom. The molecule has 27 heavy (non-hydrogen) atoms. The lowest BCUT2D eigenvalue weighted by Gasteiger charge is -2.11. The van der Waals surface area contributed by atoms with Gasteiger partial charge in [0.2, 0.25) is 10.0 Å². The zero-order valence-electron chi connectivity index (χ0n) is 15.3. The molecule has 0 aliphatic rings. The van der Waals surface area contributed by atoms with Crippen molar-refractivity contribution >= 4 is 21.6 Å². The molecule has 8 nitrogen and oxygen atoms in total. The van der Waals surface area contributed by atoms with Gasteiger partial charge in [-0.05, 0) is 30.3 Å². The number of sulfonamides is 1. The average Bonchev–Trinajstić information content (AvgIpc) is 2.68. The second-order valence-electron chi connectivity index (χ2n) is 5.44. The lowest BCUT2D eigenvalue weighted by atomic mass is 10.2. The van der Waals surface area contributed by atoms with Gasteiger partial charge < -0.3 is 19.5 Å². The van der Waals surface area contributed by atoms with Crippen LogP contribution >= 0.6 is 0 Å². The summed E-state index contributed by atoms with van der Waals surface area (Å²) in [6.45, 7) is 0.389. The number of hydrogen-bond acceptors (Lipinski definition) is 6. The fourth-order valence-corrected chi connectivity index (χ4v) is 3.34. The Kier molecular flexibility index (Phi) is 7.17. The van der Waals surface area contributed by atoms with Gasteiger partial charge in [0.25, 0.3) is 5.91 Å². The topological polar surface area (TPSA) is 103 Å². The predicted molar refractivity (Wildman–Crippen MR) is 101 cm³/mol. The number of methoxy groups -OCH3 is 3. The molecule has 0 aromatic heterocycles. The molecule has 9 heteroatoms. The molecule has 146 valence electrons. The monoisotopic (exact) mass is 394 g/mol. The Morgan fingerprint density at radius 2 is 1.74 bits per heavy atom. The van der Waals surface area contributed by atoms with Crippen LogP contribution in [-0.2, 0) is 14.8 Å². The van der Waals surface area contributed by atoms with Crippen LogP contribution in [0.3, 0.4) is 0 Å². The molecule has 2 aromatic carbocycles. The fraction of sp³-hybridized carbons (Fsp3) is 0.278. The van der Waals surface area contributed by atoms with E-state index in [1.165, 1.54) is 45.6 Å².